The number of aliphatic hydroxyl groups is 4. The molecule has 0 aliphatic rings. The number of carbonyl (C=O) groups excluding carboxylic acids is 1. The number of aliphatic hydroxyl groups excluding tert-OH is 4. The summed E-state index contributed by atoms with van der Waals surface area (Å²) in [4.78, 5) is 10.6. The first-order chi connectivity index (χ1) is 5.49. The van der Waals surface area contributed by atoms with Crippen LogP contribution in [0.2, 0.25) is 0 Å². The first-order valence-electron chi connectivity index (χ1n) is 3.66. The molecule has 5 nitrogen and oxygen atoms in total. The maximum atomic E-state index is 10.6. The van der Waals surface area contributed by atoms with Gasteiger partial charge in [0.1, 0.15) is 12.7 Å². The second-order valence-electron chi connectivity index (χ2n) is 2.72. The fraction of sp³-hybridized carbons (Fsp3) is 0.857. The summed E-state index contributed by atoms with van der Waals surface area (Å²) in [5.41, 5.74) is 0. The van der Waals surface area contributed by atoms with Gasteiger partial charge in [-0.2, -0.15) is 0 Å². The van der Waals surface area contributed by atoms with Crippen molar-refractivity contribution < 1.29 is 25.2 Å². The van der Waals surface area contributed by atoms with E-state index in [0.717, 1.165) is 0 Å². The zero-order valence-electron chi connectivity index (χ0n) is 6.84. The van der Waals surface area contributed by atoms with Crippen LogP contribution in [0.25, 0.3) is 0 Å². The van der Waals surface area contributed by atoms with Crippen molar-refractivity contribution in [2.24, 2.45) is 0 Å². The van der Waals surface area contributed by atoms with Gasteiger partial charge in [-0.25, -0.2) is 0 Å². The van der Waals surface area contributed by atoms with E-state index in [0.29, 0.717) is 0 Å². The van der Waals surface area contributed by atoms with Crippen molar-refractivity contribution in [3.05, 3.63) is 0 Å². The quantitative estimate of drug-likeness (QED) is 0.392. The highest BCUT2D eigenvalue weighted by molar-refractivity contribution is 5.84. The molecular formula is C7H14O5. The van der Waals surface area contributed by atoms with E-state index in [9.17, 15) is 4.79 Å². The molecule has 12 heavy (non-hydrogen) atoms. The van der Waals surface area contributed by atoms with Crippen LogP contribution in [0, 0.1) is 0 Å². The second-order valence-corrected chi connectivity index (χ2v) is 2.72. The van der Waals surface area contributed by atoms with Gasteiger partial charge < -0.3 is 20.4 Å². The molecule has 4 N–H and O–H groups in total. The van der Waals surface area contributed by atoms with Gasteiger partial charge in [-0.05, 0) is 6.92 Å². The van der Waals surface area contributed by atoms with E-state index in [1.54, 1.807) is 0 Å². The monoisotopic (exact) mass is 178 g/mol. The van der Waals surface area contributed by atoms with E-state index in [2.05, 4.69) is 0 Å². The first kappa shape index (κ1) is 11.5. The lowest BCUT2D eigenvalue weighted by Gasteiger charge is -2.16. The van der Waals surface area contributed by atoms with Gasteiger partial charge in [0.15, 0.2) is 5.78 Å². The molecule has 0 unspecified atom stereocenters. The molecule has 0 fully saturated rings. The molecule has 72 valence electrons. The molecule has 0 rings (SSSR count). The molecule has 0 aromatic carbocycles. The fourth-order valence-electron chi connectivity index (χ4n) is 0.786. The van der Waals surface area contributed by atoms with Crippen LogP contribution in [-0.2, 0) is 4.79 Å². The third kappa shape index (κ3) is 3.77. The molecular weight excluding hydrogens is 164 g/mol. The minimum atomic E-state index is -1.61. The SMILES string of the molecule is C[C@H](O)C[C@@H](O)[C@H](O)C(=O)CO. The minimum absolute atomic E-state index is 0.0904. The highest BCUT2D eigenvalue weighted by atomic mass is 16.3. The number of ketones is 1. The molecule has 0 heterocycles. The minimum Gasteiger partial charge on any atom is -0.393 e. The number of rotatable bonds is 5. The van der Waals surface area contributed by atoms with Crippen LogP contribution in [0.15, 0.2) is 0 Å². The summed E-state index contributed by atoms with van der Waals surface area (Å²) in [6.07, 6.45) is -3.80. The number of hydrogen-bond acceptors (Lipinski definition) is 5. The van der Waals surface area contributed by atoms with E-state index < -0.39 is 30.7 Å². The van der Waals surface area contributed by atoms with Crippen molar-refractivity contribution in [2.75, 3.05) is 6.61 Å². The highest BCUT2D eigenvalue weighted by Crippen LogP contribution is 2.03. The Morgan fingerprint density at radius 2 is 1.83 bits per heavy atom. The van der Waals surface area contributed by atoms with Crippen LogP contribution in [0.3, 0.4) is 0 Å². The molecule has 3 atom stereocenters. The van der Waals surface area contributed by atoms with Crippen molar-refractivity contribution >= 4 is 5.78 Å². The van der Waals surface area contributed by atoms with E-state index in [4.69, 9.17) is 20.4 Å². The Balaban J connectivity index is 3.91. The van der Waals surface area contributed by atoms with Crippen LogP contribution < -0.4 is 0 Å². The van der Waals surface area contributed by atoms with Crippen molar-refractivity contribution in [3.8, 4) is 0 Å². The van der Waals surface area contributed by atoms with Crippen molar-refractivity contribution in [1.82, 2.24) is 0 Å². The lowest BCUT2D eigenvalue weighted by molar-refractivity contribution is -0.136. The summed E-state index contributed by atoms with van der Waals surface area (Å²) in [5, 5.41) is 35.1. The van der Waals surface area contributed by atoms with Crippen LogP contribution in [-0.4, -0.2) is 51.1 Å². The van der Waals surface area contributed by atoms with Crippen molar-refractivity contribution in [3.63, 3.8) is 0 Å². The summed E-state index contributed by atoms with van der Waals surface area (Å²) in [6.45, 7) is 0.622. The van der Waals surface area contributed by atoms with Crippen LogP contribution in [0.1, 0.15) is 13.3 Å². The van der Waals surface area contributed by atoms with E-state index >= 15 is 0 Å². The van der Waals surface area contributed by atoms with E-state index in [1.165, 1.54) is 6.92 Å². The molecule has 0 aromatic rings. The molecule has 0 spiro atoms. The maximum absolute atomic E-state index is 10.6. The lowest BCUT2D eigenvalue weighted by Crippen LogP contribution is -2.37. The first-order valence-corrected chi connectivity index (χ1v) is 3.66. The van der Waals surface area contributed by atoms with Gasteiger partial charge in [-0.15, -0.1) is 0 Å². The van der Waals surface area contributed by atoms with Gasteiger partial charge in [0, 0.05) is 6.42 Å². The second kappa shape index (κ2) is 5.21. The Bertz CT molecular complexity index is 145. The summed E-state index contributed by atoms with van der Waals surface area (Å²) < 4.78 is 0. The predicted octanol–water partition coefficient (Wildman–Crippen LogP) is -1.96. The standard InChI is InChI=1S/C7H14O5/c1-4(9)2-5(10)7(12)6(11)3-8/h4-5,7-10,12H,2-3H2,1H3/t4-,5+,7-/m0/s1. The topological polar surface area (TPSA) is 98.0 Å². The van der Waals surface area contributed by atoms with E-state index in [-0.39, 0.29) is 6.42 Å². The summed E-state index contributed by atoms with van der Waals surface area (Å²) in [5.74, 6) is -0.844. The van der Waals surface area contributed by atoms with Gasteiger partial charge >= 0.3 is 0 Å². The summed E-state index contributed by atoms with van der Waals surface area (Å²) >= 11 is 0. The zero-order chi connectivity index (χ0) is 9.72. The molecule has 0 saturated heterocycles. The maximum Gasteiger partial charge on any atom is 0.189 e. The Morgan fingerprint density at radius 1 is 1.33 bits per heavy atom. The summed E-state index contributed by atoms with van der Waals surface area (Å²) in [7, 11) is 0. The van der Waals surface area contributed by atoms with Crippen molar-refractivity contribution in [2.45, 2.75) is 31.7 Å². The van der Waals surface area contributed by atoms with E-state index in [1.807, 2.05) is 0 Å². The normalized spacial score (nSPS) is 18.4. The molecule has 0 aliphatic carbocycles. The average Bonchev–Trinajstić information content (AvgIpc) is 2.00. The third-order valence-corrected chi connectivity index (χ3v) is 1.43. The predicted molar refractivity (Wildman–Crippen MR) is 40.4 cm³/mol. The van der Waals surface area contributed by atoms with Crippen LogP contribution in [0.5, 0.6) is 0 Å². The lowest BCUT2D eigenvalue weighted by atomic mass is 10.0. The molecule has 0 saturated carbocycles. The third-order valence-electron chi connectivity index (χ3n) is 1.43. The van der Waals surface area contributed by atoms with Crippen molar-refractivity contribution in [1.29, 1.82) is 0 Å². The molecule has 0 bridgehead atoms. The van der Waals surface area contributed by atoms with Gasteiger partial charge in [0.25, 0.3) is 0 Å². The Hall–Kier alpha value is -0.490. The van der Waals surface area contributed by atoms with Crippen LogP contribution in [0.4, 0.5) is 0 Å². The Kier molecular flexibility index (Phi) is 5.00. The molecule has 0 aliphatic heterocycles. The largest absolute Gasteiger partial charge is 0.393 e. The number of carbonyl (C=O) groups is 1. The molecule has 0 amide bonds. The smallest absolute Gasteiger partial charge is 0.189 e. The highest BCUT2D eigenvalue weighted by Gasteiger charge is 2.24. The number of Topliss-reactive ketones (excluding diaryl/α,β-unsaturated/α-hetero) is 1. The molecule has 0 aromatic heterocycles. The van der Waals surface area contributed by atoms with Gasteiger partial charge in [0.2, 0.25) is 0 Å². The molecule has 5 heteroatoms. The van der Waals surface area contributed by atoms with Gasteiger partial charge in [0.05, 0.1) is 12.2 Å². The average molecular weight is 178 g/mol. The summed E-state index contributed by atoms with van der Waals surface area (Å²) in [6, 6.07) is 0. The van der Waals surface area contributed by atoms with Gasteiger partial charge in [-0.1, -0.05) is 0 Å². The Labute approximate surface area is 70.3 Å². The number of hydrogen-bond donors (Lipinski definition) is 4. The Morgan fingerprint density at radius 3 is 2.17 bits per heavy atom. The van der Waals surface area contributed by atoms with Crippen LogP contribution >= 0.6 is 0 Å². The molecule has 0 radical (unpaired) electrons. The zero-order valence-corrected chi connectivity index (χ0v) is 6.84. The van der Waals surface area contributed by atoms with Gasteiger partial charge in [-0.3, -0.25) is 4.79 Å². The fourth-order valence-corrected chi connectivity index (χ4v) is 0.786.